The average Bonchev–Trinajstić information content (AvgIpc) is 3.68. The molecule has 0 aliphatic rings. The van der Waals surface area contributed by atoms with Crippen LogP contribution in [0.5, 0.6) is 0 Å². The fraction of sp³-hybridized carbons (Fsp3) is 0. The van der Waals surface area contributed by atoms with E-state index >= 15 is 0 Å². The van der Waals surface area contributed by atoms with Gasteiger partial charge in [-0.15, -0.1) is 0 Å². The number of para-hydroxylation sites is 4. The zero-order chi connectivity index (χ0) is 26.9. The first-order valence-electron chi connectivity index (χ1n) is 14.0. The zero-order valence-electron chi connectivity index (χ0n) is 22.2. The Hall–Kier alpha value is -5.54. The van der Waals surface area contributed by atoms with E-state index < -0.39 is 0 Å². The van der Waals surface area contributed by atoms with E-state index in [4.69, 9.17) is 4.42 Å². The summed E-state index contributed by atoms with van der Waals surface area (Å²) in [7, 11) is 0. The van der Waals surface area contributed by atoms with Crippen LogP contribution in [0.1, 0.15) is 0 Å². The molecule has 3 nitrogen and oxygen atoms in total. The number of hydrogen-bond donors (Lipinski definition) is 0. The van der Waals surface area contributed by atoms with E-state index in [0.29, 0.717) is 0 Å². The smallest absolute Gasteiger partial charge is 0.213 e. The molecule has 0 saturated heterocycles. The number of furan rings is 1. The van der Waals surface area contributed by atoms with Gasteiger partial charge >= 0.3 is 0 Å². The predicted molar refractivity (Wildman–Crippen MR) is 170 cm³/mol. The minimum atomic E-state index is 0.880. The molecule has 41 heavy (non-hydrogen) atoms. The molecule has 0 aliphatic carbocycles. The van der Waals surface area contributed by atoms with E-state index in [1.807, 2.05) is 12.1 Å². The van der Waals surface area contributed by atoms with Crippen LogP contribution in [0.4, 0.5) is 0 Å². The van der Waals surface area contributed by atoms with E-state index in [1.165, 1.54) is 44.0 Å². The Bertz CT molecular complexity index is 2420. The fourth-order valence-corrected chi connectivity index (χ4v) is 6.53. The topological polar surface area (TPSA) is 23.0 Å². The first-order chi connectivity index (χ1) is 20.3. The van der Waals surface area contributed by atoms with Gasteiger partial charge in [-0.25, -0.2) is 0 Å². The third-order valence-corrected chi connectivity index (χ3v) is 8.32. The lowest BCUT2D eigenvalue weighted by Gasteiger charge is -2.10. The molecule has 0 N–H and O–H groups in total. The molecule has 3 heteroatoms. The van der Waals surface area contributed by atoms with E-state index in [2.05, 4.69) is 143 Å². The molecule has 0 spiro atoms. The van der Waals surface area contributed by atoms with Crippen molar-refractivity contribution in [2.45, 2.75) is 0 Å². The average molecular weight is 525 g/mol. The SMILES string of the molecule is c1ccc(-n2c3ccccc3c3cc(-c4cccc(-n5c6ccccc6c6c7ccccc7oc65)c4)ccc32)cc1. The summed E-state index contributed by atoms with van der Waals surface area (Å²) in [6, 6.07) is 51.8. The fourth-order valence-electron chi connectivity index (χ4n) is 6.53. The van der Waals surface area contributed by atoms with Crippen LogP contribution in [-0.4, -0.2) is 9.13 Å². The molecule has 0 saturated carbocycles. The summed E-state index contributed by atoms with van der Waals surface area (Å²) in [5.74, 6) is 0. The number of nitrogens with zero attached hydrogens (tertiary/aromatic N) is 2. The van der Waals surface area contributed by atoms with Gasteiger partial charge in [0.05, 0.1) is 21.9 Å². The maximum Gasteiger partial charge on any atom is 0.213 e. The highest BCUT2D eigenvalue weighted by Gasteiger charge is 2.19. The Kier molecular flexibility index (Phi) is 4.61. The second kappa shape index (κ2) is 8.48. The highest BCUT2D eigenvalue weighted by molar-refractivity contribution is 6.20. The zero-order valence-corrected chi connectivity index (χ0v) is 22.2. The van der Waals surface area contributed by atoms with E-state index in [1.54, 1.807) is 0 Å². The number of benzene rings is 6. The molecule has 0 bridgehead atoms. The summed E-state index contributed by atoms with van der Waals surface area (Å²) in [6.45, 7) is 0. The molecule has 9 rings (SSSR count). The number of hydrogen-bond acceptors (Lipinski definition) is 1. The molecule has 0 unspecified atom stereocenters. The van der Waals surface area contributed by atoms with Crippen LogP contribution in [0.3, 0.4) is 0 Å². The van der Waals surface area contributed by atoms with Gasteiger partial charge in [-0.3, -0.25) is 4.57 Å². The lowest BCUT2D eigenvalue weighted by Crippen LogP contribution is -1.94. The van der Waals surface area contributed by atoms with Gasteiger partial charge in [0, 0.05) is 32.9 Å². The molecule has 6 aromatic carbocycles. The Morgan fingerprint density at radius 3 is 1.88 bits per heavy atom. The summed E-state index contributed by atoms with van der Waals surface area (Å²) in [5.41, 5.74) is 9.96. The molecule has 9 aromatic rings. The maximum atomic E-state index is 6.48. The van der Waals surface area contributed by atoms with Crippen molar-refractivity contribution in [3.05, 3.63) is 146 Å². The van der Waals surface area contributed by atoms with Crippen molar-refractivity contribution in [3.8, 4) is 22.5 Å². The van der Waals surface area contributed by atoms with Crippen molar-refractivity contribution in [2.75, 3.05) is 0 Å². The quantitative estimate of drug-likeness (QED) is 0.225. The van der Waals surface area contributed by atoms with Crippen molar-refractivity contribution in [1.82, 2.24) is 9.13 Å². The third-order valence-electron chi connectivity index (χ3n) is 8.32. The molecule has 0 atom stereocenters. The van der Waals surface area contributed by atoms with Crippen LogP contribution in [0, 0.1) is 0 Å². The van der Waals surface area contributed by atoms with Gasteiger partial charge < -0.3 is 8.98 Å². The van der Waals surface area contributed by atoms with Gasteiger partial charge in [0.25, 0.3) is 0 Å². The van der Waals surface area contributed by atoms with Crippen molar-refractivity contribution in [1.29, 1.82) is 0 Å². The van der Waals surface area contributed by atoms with Crippen LogP contribution in [0.2, 0.25) is 0 Å². The van der Waals surface area contributed by atoms with Crippen LogP contribution < -0.4 is 0 Å². The normalized spacial score (nSPS) is 11.9. The van der Waals surface area contributed by atoms with Gasteiger partial charge in [-0.1, -0.05) is 91.0 Å². The molecular formula is C38H24N2O. The van der Waals surface area contributed by atoms with Gasteiger partial charge in [-0.2, -0.15) is 0 Å². The van der Waals surface area contributed by atoms with Crippen LogP contribution in [0.25, 0.3) is 77.3 Å². The second-order valence-electron chi connectivity index (χ2n) is 10.6. The molecule has 0 fully saturated rings. The Labute approximate surface area is 236 Å². The van der Waals surface area contributed by atoms with E-state index in [-0.39, 0.29) is 0 Å². The van der Waals surface area contributed by atoms with Gasteiger partial charge in [0.2, 0.25) is 5.71 Å². The Morgan fingerprint density at radius 2 is 1.02 bits per heavy atom. The van der Waals surface area contributed by atoms with Crippen molar-refractivity contribution < 1.29 is 4.42 Å². The number of fused-ring (bicyclic) bond motifs is 8. The van der Waals surface area contributed by atoms with Gasteiger partial charge in [0.15, 0.2) is 0 Å². The lowest BCUT2D eigenvalue weighted by atomic mass is 10.0. The Balaban J connectivity index is 1.26. The van der Waals surface area contributed by atoms with Gasteiger partial charge in [-0.05, 0) is 65.7 Å². The third kappa shape index (κ3) is 3.20. The standard InChI is InChI=1S/C38H24N2O/c1-2-12-27(13-3-1)39-33-18-7-4-15-29(33)32-24-26(21-22-35(32)39)25-11-10-14-28(23-25)40-34-19-8-5-16-30(34)37-31-17-6-9-20-36(31)41-38(37)40/h1-24H. The highest BCUT2D eigenvalue weighted by atomic mass is 16.3. The molecule has 3 heterocycles. The maximum absolute atomic E-state index is 6.48. The molecular weight excluding hydrogens is 500 g/mol. The largest absolute Gasteiger partial charge is 0.439 e. The Morgan fingerprint density at radius 1 is 0.390 bits per heavy atom. The van der Waals surface area contributed by atoms with Crippen molar-refractivity contribution in [2.24, 2.45) is 0 Å². The lowest BCUT2D eigenvalue weighted by molar-refractivity contribution is 0.645. The van der Waals surface area contributed by atoms with Gasteiger partial charge in [0.1, 0.15) is 5.58 Å². The van der Waals surface area contributed by atoms with Crippen molar-refractivity contribution in [3.63, 3.8) is 0 Å². The minimum absolute atomic E-state index is 0.880. The van der Waals surface area contributed by atoms with E-state index in [0.717, 1.165) is 33.3 Å². The summed E-state index contributed by atoms with van der Waals surface area (Å²) in [6.07, 6.45) is 0. The minimum Gasteiger partial charge on any atom is -0.439 e. The summed E-state index contributed by atoms with van der Waals surface area (Å²) >= 11 is 0. The summed E-state index contributed by atoms with van der Waals surface area (Å²) < 4.78 is 11.1. The first-order valence-corrected chi connectivity index (χ1v) is 14.0. The molecule has 0 aliphatic heterocycles. The van der Waals surface area contributed by atoms with Crippen molar-refractivity contribution >= 4 is 54.8 Å². The molecule has 0 amide bonds. The molecule has 3 aromatic heterocycles. The molecule has 0 radical (unpaired) electrons. The second-order valence-corrected chi connectivity index (χ2v) is 10.6. The van der Waals surface area contributed by atoms with Crippen LogP contribution in [-0.2, 0) is 0 Å². The number of rotatable bonds is 3. The predicted octanol–water partition coefficient (Wildman–Crippen LogP) is 10.3. The summed E-state index contributed by atoms with van der Waals surface area (Å²) in [4.78, 5) is 0. The van der Waals surface area contributed by atoms with Crippen LogP contribution in [0.15, 0.2) is 150 Å². The number of aromatic nitrogens is 2. The van der Waals surface area contributed by atoms with Crippen LogP contribution >= 0.6 is 0 Å². The van der Waals surface area contributed by atoms with E-state index in [9.17, 15) is 0 Å². The highest BCUT2D eigenvalue weighted by Crippen LogP contribution is 2.40. The monoisotopic (exact) mass is 524 g/mol. The first kappa shape index (κ1) is 22.3. The summed E-state index contributed by atoms with van der Waals surface area (Å²) in [5, 5.41) is 6.02. The molecule has 192 valence electrons.